The summed E-state index contributed by atoms with van der Waals surface area (Å²) in [6.07, 6.45) is -0.439. The maximum Gasteiger partial charge on any atom is 0.231 e. The van der Waals surface area contributed by atoms with Crippen LogP contribution in [-0.2, 0) is 9.53 Å². The molecule has 3 heterocycles. The van der Waals surface area contributed by atoms with E-state index >= 15 is 0 Å². The Morgan fingerprint density at radius 2 is 1.72 bits per heavy atom. The predicted octanol–water partition coefficient (Wildman–Crippen LogP) is 4.83. The molecule has 0 aliphatic carbocycles. The average Bonchev–Trinajstić information content (AvgIpc) is 3.54. The van der Waals surface area contributed by atoms with Gasteiger partial charge in [-0.1, -0.05) is 35.9 Å². The van der Waals surface area contributed by atoms with Crippen LogP contribution in [0.3, 0.4) is 0 Å². The molecular weight excluding hydrogens is 480 g/mol. The number of rotatable bonds is 5. The van der Waals surface area contributed by atoms with Crippen LogP contribution < -0.4 is 24.3 Å². The fourth-order valence-electron chi connectivity index (χ4n) is 4.78. The average molecular weight is 505 g/mol. The SMILES string of the molecule is CC(=O)C1=NN(c2ccccc2)[C@H](c2ccc3c(c2)OCO3)N1c1ccc(N2CCOCC2)c(Cl)c1. The van der Waals surface area contributed by atoms with E-state index in [2.05, 4.69) is 4.90 Å². The van der Waals surface area contributed by atoms with E-state index in [1.807, 2.05) is 76.6 Å². The standard InChI is InChI=1S/C27H25ClN4O4/c1-18(33)26-29-32(20-5-3-2-4-6-20)27(19-7-10-24-25(15-19)36-17-35-24)31(26)21-8-9-23(22(28)16-21)30-11-13-34-14-12-30/h2-10,15-16,27H,11-14,17H2,1H3/t27-/m1/s1. The van der Waals surface area contributed by atoms with Gasteiger partial charge in [-0.2, -0.15) is 0 Å². The molecule has 0 N–H and O–H groups in total. The Balaban J connectivity index is 1.46. The number of hydrogen-bond acceptors (Lipinski definition) is 8. The molecule has 3 aliphatic rings. The number of hydrogen-bond donors (Lipinski definition) is 0. The Labute approximate surface area is 214 Å². The lowest BCUT2D eigenvalue weighted by Gasteiger charge is -2.33. The van der Waals surface area contributed by atoms with Gasteiger partial charge in [-0.15, -0.1) is 5.10 Å². The first-order chi connectivity index (χ1) is 17.6. The summed E-state index contributed by atoms with van der Waals surface area (Å²) in [5.41, 5.74) is 3.48. The molecule has 3 aromatic carbocycles. The molecule has 3 aromatic rings. The molecule has 1 saturated heterocycles. The lowest BCUT2D eigenvalue weighted by Crippen LogP contribution is -2.38. The third-order valence-electron chi connectivity index (χ3n) is 6.50. The first-order valence-electron chi connectivity index (χ1n) is 11.8. The number of morpholine rings is 1. The van der Waals surface area contributed by atoms with Gasteiger partial charge in [0.1, 0.15) is 0 Å². The van der Waals surface area contributed by atoms with Crippen LogP contribution in [0.5, 0.6) is 11.5 Å². The molecule has 0 unspecified atom stereocenters. The normalized spacial score (nSPS) is 19.0. The van der Waals surface area contributed by atoms with E-state index in [-0.39, 0.29) is 12.6 Å². The summed E-state index contributed by atoms with van der Waals surface area (Å²) >= 11 is 6.81. The smallest absolute Gasteiger partial charge is 0.231 e. The minimum absolute atomic E-state index is 0.146. The summed E-state index contributed by atoms with van der Waals surface area (Å²) < 4.78 is 16.7. The molecule has 0 bridgehead atoms. The van der Waals surface area contributed by atoms with E-state index in [1.165, 1.54) is 6.92 Å². The minimum atomic E-state index is -0.439. The summed E-state index contributed by atoms with van der Waals surface area (Å²) in [6, 6.07) is 21.5. The van der Waals surface area contributed by atoms with Gasteiger partial charge in [-0.05, 0) is 42.5 Å². The molecule has 0 saturated carbocycles. The molecule has 0 amide bonds. The Kier molecular flexibility index (Phi) is 5.91. The van der Waals surface area contributed by atoms with E-state index in [0.29, 0.717) is 35.6 Å². The van der Waals surface area contributed by atoms with Gasteiger partial charge in [-0.25, -0.2) is 5.01 Å². The van der Waals surface area contributed by atoms with Gasteiger partial charge in [0.05, 0.1) is 29.6 Å². The van der Waals surface area contributed by atoms with Gasteiger partial charge in [-0.3, -0.25) is 9.69 Å². The Morgan fingerprint density at radius 1 is 0.944 bits per heavy atom. The van der Waals surface area contributed by atoms with Crippen molar-refractivity contribution in [2.24, 2.45) is 5.10 Å². The second-order valence-electron chi connectivity index (χ2n) is 8.75. The van der Waals surface area contributed by atoms with Gasteiger partial charge < -0.3 is 19.1 Å². The summed E-state index contributed by atoms with van der Waals surface area (Å²) in [5.74, 6) is 1.54. The number of amidine groups is 1. The first kappa shape index (κ1) is 22.7. The number of halogens is 1. The number of benzene rings is 3. The zero-order valence-corrected chi connectivity index (χ0v) is 20.5. The maximum atomic E-state index is 12.9. The number of nitrogens with zero attached hydrogens (tertiary/aromatic N) is 4. The Morgan fingerprint density at radius 3 is 2.47 bits per heavy atom. The molecule has 184 valence electrons. The van der Waals surface area contributed by atoms with Crippen molar-refractivity contribution in [2.45, 2.75) is 13.1 Å². The highest BCUT2D eigenvalue weighted by Gasteiger charge is 2.40. The first-order valence-corrected chi connectivity index (χ1v) is 12.2. The summed E-state index contributed by atoms with van der Waals surface area (Å²) in [5, 5.41) is 7.26. The van der Waals surface area contributed by atoms with Crippen LogP contribution in [0.15, 0.2) is 71.8 Å². The van der Waals surface area contributed by atoms with Gasteiger partial charge in [0, 0.05) is 31.3 Å². The molecule has 1 fully saturated rings. The maximum absolute atomic E-state index is 12.9. The number of ether oxygens (including phenoxy) is 3. The molecule has 0 aromatic heterocycles. The van der Waals surface area contributed by atoms with Gasteiger partial charge >= 0.3 is 0 Å². The fraction of sp³-hybridized carbons (Fsp3) is 0.259. The van der Waals surface area contributed by atoms with Crippen molar-refractivity contribution in [3.05, 3.63) is 77.3 Å². The lowest BCUT2D eigenvalue weighted by atomic mass is 10.1. The quantitative estimate of drug-likeness (QED) is 0.493. The van der Waals surface area contributed by atoms with Crippen molar-refractivity contribution in [2.75, 3.05) is 47.9 Å². The van der Waals surface area contributed by atoms with Crippen LogP contribution in [0.25, 0.3) is 0 Å². The van der Waals surface area contributed by atoms with E-state index in [9.17, 15) is 4.79 Å². The van der Waals surface area contributed by atoms with Crippen LogP contribution >= 0.6 is 11.6 Å². The molecule has 0 radical (unpaired) electrons. The van der Waals surface area contributed by atoms with Crippen molar-refractivity contribution >= 4 is 40.3 Å². The second kappa shape index (κ2) is 9.37. The van der Waals surface area contributed by atoms with Crippen molar-refractivity contribution in [1.29, 1.82) is 0 Å². The minimum Gasteiger partial charge on any atom is -0.454 e. The summed E-state index contributed by atoms with van der Waals surface area (Å²) in [6.45, 7) is 4.62. The zero-order valence-electron chi connectivity index (χ0n) is 19.8. The number of anilines is 3. The van der Waals surface area contributed by atoms with Crippen LogP contribution in [0.4, 0.5) is 17.1 Å². The topological polar surface area (TPSA) is 66.8 Å². The summed E-state index contributed by atoms with van der Waals surface area (Å²) in [7, 11) is 0. The Hall–Kier alpha value is -3.75. The number of fused-ring (bicyclic) bond motifs is 1. The largest absolute Gasteiger partial charge is 0.454 e. The molecule has 0 spiro atoms. The van der Waals surface area contributed by atoms with Crippen LogP contribution in [0, 0.1) is 0 Å². The van der Waals surface area contributed by atoms with Gasteiger partial charge in [0.25, 0.3) is 0 Å². The van der Waals surface area contributed by atoms with E-state index < -0.39 is 6.17 Å². The molecule has 6 rings (SSSR count). The zero-order chi connectivity index (χ0) is 24.6. The van der Waals surface area contributed by atoms with Crippen molar-refractivity contribution in [3.63, 3.8) is 0 Å². The van der Waals surface area contributed by atoms with Gasteiger partial charge in [0.2, 0.25) is 6.79 Å². The number of hydrazone groups is 1. The molecule has 3 aliphatic heterocycles. The Bertz CT molecular complexity index is 1330. The summed E-state index contributed by atoms with van der Waals surface area (Å²) in [4.78, 5) is 17.0. The molecule has 8 nitrogen and oxygen atoms in total. The van der Waals surface area contributed by atoms with E-state index in [0.717, 1.165) is 35.7 Å². The third-order valence-corrected chi connectivity index (χ3v) is 6.80. The number of Topliss-reactive ketones (excluding diaryl/α,β-unsaturated/α-hetero) is 1. The van der Waals surface area contributed by atoms with Crippen LogP contribution in [0.2, 0.25) is 5.02 Å². The third kappa shape index (κ3) is 4.02. The molecule has 9 heteroatoms. The van der Waals surface area contributed by atoms with Crippen molar-refractivity contribution in [1.82, 2.24) is 0 Å². The molecule has 36 heavy (non-hydrogen) atoms. The van der Waals surface area contributed by atoms with E-state index in [1.54, 1.807) is 0 Å². The number of carbonyl (C=O) groups excluding carboxylic acids is 1. The highest BCUT2D eigenvalue weighted by Crippen LogP contribution is 2.43. The van der Waals surface area contributed by atoms with Crippen molar-refractivity contribution < 1.29 is 19.0 Å². The highest BCUT2D eigenvalue weighted by molar-refractivity contribution is 6.44. The molecule has 1 atom stereocenters. The number of ketones is 1. The van der Waals surface area contributed by atoms with Crippen molar-refractivity contribution in [3.8, 4) is 11.5 Å². The highest BCUT2D eigenvalue weighted by atomic mass is 35.5. The number of para-hydroxylation sites is 1. The lowest BCUT2D eigenvalue weighted by molar-refractivity contribution is -0.111. The number of carbonyl (C=O) groups is 1. The van der Waals surface area contributed by atoms with Crippen LogP contribution in [0.1, 0.15) is 18.7 Å². The van der Waals surface area contributed by atoms with E-state index in [4.69, 9.17) is 30.9 Å². The second-order valence-corrected chi connectivity index (χ2v) is 9.16. The monoisotopic (exact) mass is 504 g/mol. The van der Waals surface area contributed by atoms with Gasteiger partial charge in [0.15, 0.2) is 29.3 Å². The predicted molar refractivity (Wildman–Crippen MR) is 139 cm³/mol. The van der Waals surface area contributed by atoms with Crippen LogP contribution in [-0.4, -0.2) is 44.7 Å². The molecular formula is C27H25ClN4O4. The fourth-order valence-corrected chi connectivity index (χ4v) is 5.08.